The molecule has 0 aromatic carbocycles. The van der Waals surface area contributed by atoms with Crippen molar-refractivity contribution in [3.63, 3.8) is 0 Å². The molecule has 27 heavy (non-hydrogen) atoms. The first-order valence-electron chi connectivity index (χ1n) is 8.18. The molecule has 3 rings (SSSR count). The van der Waals surface area contributed by atoms with Gasteiger partial charge in [0, 0.05) is 12.7 Å². The molecule has 0 bridgehead atoms. The van der Waals surface area contributed by atoms with Gasteiger partial charge >= 0.3 is 0 Å². The van der Waals surface area contributed by atoms with Crippen molar-refractivity contribution in [2.45, 2.75) is 20.4 Å². The average molecular weight is 403 g/mol. The van der Waals surface area contributed by atoms with E-state index in [1.807, 2.05) is 18.4 Å². The van der Waals surface area contributed by atoms with Gasteiger partial charge < -0.3 is 4.74 Å². The standard InChI is InChI=1S/C17H18N6O2S2/c1-4-9-23-13(21-22-17(23)26)12-10(3)19-16(27-12)20-14(24)11-7-6-8-18-15(11)25-5-2/h4,6-8H,1,5,9H2,2-3H3,(H,22,26)(H,19,20,24). The Morgan fingerprint density at radius 3 is 3.11 bits per heavy atom. The Hall–Kier alpha value is -2.85. The van der Waals surface area contributed by atoms with Crippen LogP contribution in [-0.2, 0) is 6.54 Å². The molecule has 0 aliphatic heterocycles. The summed E-state index contributed by atoms with van der Waals surface area (Å²) in [6, 6.07) is 3.34. The van der Waals surface area contributed by atoms with Crippen LogP contribution in [-0.4, -0.2) is 37.2 Å². The number of anilines is 1. The van der Waals surface area contributed by atoms with Crippen LogP contribution in [0.5, 0.6) is 5.88 Å². The van der Waals surface area contributed by atoms with E-state index in [0.29, 0.717) is 34.4 Å². The molecule has 0 saturated heterocycles. The quantitative estimate of drug-likeness (QED) is 0.463. The fraction of sp³-hybridized carbons (Fsp3) is 0.235. The van der Waals surface area contributed by atoms with Crippen molar-refractivity contribution in [3.05, 3.63) is 47.0 Å². The first-order valence-corrected chi connectivity index (χ1v) is 9.40. The number of aryl methyl sites for hydroxylation is 1. The van der Waals surface area contributed by atoms with E-state index in [0.717, 1.165) is 10.6 Å². The molecule has 2 N–H and O–H groups in total. The maximum absolute atomic E-state index is 12.6. The summed E-state index contributed by atoms with van der Waals surface area (Å²) >= 11 is 6.57. The predicted octanol–water partition coefficient (Wildman–Crippen LogP) is 3.60. The van der Waals surface area contributed by atoms with Crippen molar-refractivity contribution in [3.8, 4) is 16.6 Å². The van der Waals surface area contributed by atoms with E-state index in [9.17, 15) is 4.79 Å². The Kier molecular flexibility index (Phi) is 5.77. The number of carbonyl (C=O) groups excluding carboxylic acids is 1. The molecular formula is C17H18N6O2S2. The number of nitrogens with one attached hydrogen (secondary N) is 2. The summed E-state index contributed by atoms with van der Waals surface area (Å²) in [6.07, 6.45) is 3.32. The number of hydrogen-bond donors (Lipinski definition) is 2. The van der Waals surface area contributed by atoms with Crippen LogP contribution < -0.4 is 10.1 Å². The summed E-state index contributed by atoms with van der Waals surface area (Å²) in [5.74, 6) is 0.612. The van der Waals surface area contributed by atoms with E-state index in [2.05, 4.69) is 32.1 Å². The summed E-state index contributed by atoms with van der Waals surface area (Å²) in [5.41, 5.74) is 1.09. The minimum atomic E-state index is -0.336. The molecule has 1 amide bonds. The average Bonchev–Trinajstić information content (AvgIpc) is 3.18. The molecule has 3 aromatic heterocycles. The highest BCUT2D eigenvalue weighted by atomic mass is 32.1. The number of aromatic amines is 1. The maximum atomic E-state index is 12.6. The molecule has 8 nitrogen and oxygen atoms in total. The molecule has 3 heterocycles. The molecular weight excluding hydrogens is 384 g/mol. The minimum absolute atomic E-state index is 0.290. The second-order valence-electron chi connectivity index (χ2n) is 5.43. The normalized spacial score (nSPS) is 10.6. The number of aromatic nitrogens is 5. The third-order valence-electron chi connectivity index (χ3n) is 3.59. The van der Waals surface area contributed by atoms with E-state index in [4.69, 9.17) is 17.0 Å². The van der Waals surface area contributed by atoms with Gasteiger partial charge in [-0.25, -0.2) is 9.97 Å². The van der Waals surface area contributed by atoms with Crippen molar-refractivity contribution in [1.29, 1.82) is 0 Å². The fourth-order valence-corrected chi connectivity index (χ4v) is 3.59. The van der Waals surface area contributed by atoms with Crippen molar-refractivity contribution < 1.29 is 9.53 Å². The molecule has 0 aliphatic carbocycles. The van der Waals surface area contributed by atoms with E-state index in [1.165, 1.54) is 11.3 Å². The monoisotopic (exact) mass is 402 g/mol. The van der Waals surface area contributed by atoms with Crippen LogP contribution >= 0.6 is 23.6 Å². The Morgan fingerprint density at radius 2 is 2.37 bits per heavy atom. The van der Waals surface area contributed by atoms with Crippen molar-refractivity contribution in [1.82, 2.24) is 24.7 Å². The summed E-state index contributed by atoms with van der Waals surface area (Å²) in [7, 11) is 0. The highest BCUT2D eigenvalue weighted by Crippen LogP contribution is 2.32. The lowest BCUT2D eigenvalue weighted by molar-refractivity contribution is 0.102. The summed E-state index contributed by atoms with van der Waals surface area (Å²) in [6.45, 7) is 8.38. The molecule has 0 unspecified atom stereocenters. The first kappa shape index (κ1) is 18.9. The van der Waals surface area contributed by atoms with Crippen molar-refractivity contribution in [2.24, 2.45) is 0 Å². The van der Waals surface area contributed by atoms with Gasteiger partial charge in [-0.15, -0.1) is 6.58 Å². The van der Waals surface area contributed by atoms with Crippen molar-refractivity contribution >= 4 is 34.6 Å². The summed E-state index contributed by atoms with van der Waals surface area (Å²) in [5, 5.41) is 10.3. The number of allylic oxidation sites excluding steroid dienone is 1. The third kappa shape index (κ3) is 3.96. The Balaban J connectivity index is 1.89. The summed E-state index contributed by atoms with van der Waals surface area (Å²) < 4.78 is 7.73. The van der Waals surface area contributed by atoms with Gasteiger partial charge in [-0.1, -0.05) is 17.4 Å². The van der Waals surface area contributed by atoms with Gasteiger partial charge in [0.2, 0.25) is 5.88 Å². The molecule has 3 aromatic rings. The SMILES string of the molecule is C=CCn1c(-c2sc(NC(=O)c3cccnc3OCC)nc2C)n[nH]c1=S. The highest BCUT2D eigenvalue weighted by molar-refractivity contribution is 7.71. The number of carbonyl (C=O) groups is 1. The molecule has 0 radical (unpaired) electrons. The molecule has 0 saturated carbocycles. The number of ether oxygens (including phenoxy) is 1. The Morgan fingerprint density at radius 1 is 1.56 bits per heavy atom. The smallest absolute Gasteiger partial charge is 0.262 e. The van der Waals surface area contributed by atoms with Crippen molar-refractivity contribution in [2.75, 3.05) is 11.9 Å². The largest absolute Gasteiger partial charge is 0.477 e. The number of H-pyrrole nitrogens is 1. The topological polar surface area (TPSA) is 97.7 Å². The van der Waals surface area contributed by atoms with Crippen LogP contribution in [0.25, 0.3) is 10.7 Å². The third-order valence-corrected chi connectivity index (χ3v) is 4.97. The molecule has 0 aliphatic rings. The molecule has 0 atom stereocenters. The predicted molar refractivity (Wildman–Crippen MR) is 107 cm³/mol. The zero-order valence-corrected chi connectivity index (χ0v) is 16.5. The highest BCUT2D eigenvalue weighted by Gasteiger charge is 2.19. The van der Waals surface area contributed by atoms with Gasteiger partial charge in [-0.2, -0.15) is 5.10 Å². The number of pyridine rings is 1. The number of nitrogens with zero attached hydrogens (tertiary/aromatic N) is 4. The van der Waals surface area contributed by atoms with Gasteiger partial charge in [0.05, 0.1) is 17.2 Å². The van der Waals surface area contributed by atoms with E-state index >= 15 is 0 Å². The number of hydrogen-bond acceptors (Lipinski definition) is 7. The molecule has 0 spiro atoms. The number of thiazole rings is 1. The van der Waals surface area contributed by atoms with Gasteiger partial charge in [0.25, 0.3) is 5.91 Å². The van der Waals surface area contributed by atoms with Crippen LogP contribution in [0.2, 0.25) is 0 Å². The first-order chi connectivity index (χ1) is 13.0. The maximum Gasteiger partial charge on any atom is 0.262 e. The lowest BCUT2D eigenvalue weighted by atomic mass is 10.2. The number of amides is 1. The van der Waals surface area contributed by atoms with Crippen LogP contribution in [0.4, 0.5) is 5.13 Å². The van der Waals surface area contributed by atoms with Gasteiger partial charge in [-0.05, 0) is 38.2 Å². The van der Waals surface area contributed by atoms with E-state index < -0.39 is 0 Å². The summed E-state index contributed by atoms with van der Waals surface area (Å²) in [4.78, 5) is 22.0. The lowest BCUT2D eigenvalue weighted by Crippen LogP contribution is -2.14. The van der Waals surface area contributed by atoms with Gasteiger partial charge in [-0.3, -0.25) is 19.8 Å². The van der Waals surface area contributed by atoms with Gasteiger partial charge in [0.1, 0.15) is 5.56 Å². The van der Waals surface area contributed by atoms with E-state index in [1.54, 1.807) is 24.4 Å². The minimum Gasteiger partial charge on any atom is -0.477 e. The lowest BCUT2D eigenvalue weighted by Gasteiger charge is -2.07. The second-order valence-corrected chi connectivity index (χ2v) is 6.81. The van der Waals surface area contributed by atoms with Crippen LogP contribution in [0.3, 0.4) is 0 Å². The van der Waals surface area contributed by atoms with Crippen LogP contribution in [0, 0.1) is 11.7 Å². The molecule has 10 heteroatoms. The van der Waals surface area contributed by atoms with Gasteiger partial charge in [0.15, 0.2) is 15.7 Å². The Bertz CT molecular complexity index is 1040. The zero-order valence-electron chi connectivity index (χ0n) is 14.9. The molecule has 0 fully saturated rings. The second kappa shape index (κ2) is 8.23. The van der Waals surface area contributed by atoms with E-state index in [-0.39, 0.29) is 11.8 Å². The Labute approximate surface area is 165 Å². The number of rotatable bonds is 7. The molecule has 140 valence electrons. The fourth-order valence-electron chi connectivity index (χ4n) is 2.43. The zero-order chi connectivity index (χ0) is 19.4. The van der Waals surface area contributed by atoms with Crippen LogP contribution in [0.15, 0.2) is 31.0 Å². The van der Waals surface area contributed by atoms with Crippen LogP contribution in [0.1, 0.15) is 23.0 Å².